The van der Waals surface area contributed by atoms with E-state index in [0.717, 1.165) is 6.26 Å². The highest BCUT2D eigenvalue weighted by Crippen LogP contribution is 2.30. The van der Waals surface area contributed by atoms with Crippen molar-refractivity contribution in [3.8, 4) is 5.75 Å². The minimum atomic E-state index is -3.58. The average Bonchev–Trinajstić information content (AvgIpc) is 2.69. The smallest absolute Gasteiger partial charge is 0.337 e. The Hall–Kier alpha value is -2.78. The number of hydrogen-bond donors (Lipinski definition) is 1. The van der Waals surface area contributed by atoms with Gasteiger partial charge in [0.2, 0.25) is 15.9 Å². The number of ether oxygens (including phenoxy) is 2. The van der Waals surface area contributed by atoms with Gasteiger partial charge in [0, 0.05) is 18.7 Å². The molecule has 162 valence electrons. The number of rotatable bonds is 9. The molecule has 0 aliphatic rings. The van der Waals surface area contributed by atoms with Crippen LogP contribution in [-0.4, -0.2) is 47.3 Å². The van der Waals surface area contributed by atoms with Crippen molar-refractivity contribution < 1.29 is 27.5 Å². The molecular weight excluding hydrogens is 432 g/mol. The summed E-state index contributed by atoms with van der Waals surface area (Å²) in [5.41, 5.74) is 1.15. The Labute approximate surface area is 180 Å². The minimum absolute atomic E-state index is 0.0817. The van der Waals surface area contributed by atoms with Crippen molar-refractivity contribution in [1.82, 2.24) is 0 Å². The molecular formula is C20H23ClN2O6S. The van der Waals surface area contributed by atoms with Crippen LogP contribution in [0.2, 0.25) is 5.02 Å². The van der Waals surface area contributed by atoms with E-state index in [0.29, 0.717) is 22.7 Å². The molecule has 0 heterocycles. The van der Waals surface area contributed by atoms with Crippen molar-refractivity contribution in [1.29, 1.82) is 0 Å². The molecule has 0 unspecified atom stereocenters. The van der Waals surface area contributed by atoms with E-state index < -0.39 is 16.0 Å². The van der Waals surface area contributed by atoms with Crippen LogP contribution in [0.3, 0.4) is 0 Å². The topological polar surface area (TPSA) is 102 Å². The Morgan fingerprint density at radius 1 is 1.13 bits per heavy atom. The fraction of sp³-hybridized carbons (Fsp3) is 0.300. The monoisotopic (exact) mass is 454 g/mol. The number of anilines is 2. The molecule has 10 heteroatoms. The Morgan fingerprint density at radius 2 is 1.87 bits per heavy atom. The second-order valence-corrected chi connectivity index (χ2v) is 8.69. The summed E-state index contributed by atoms with van der Waals surface area (Å²) in [7, 11) is -0.837. The number of carbonyl (C=O) groups is 2. The van der Waals surface area contributed by atoms with Gasteiger partial charge in [-0.25, -0.2) is 13.2 Å². The highest BCUT2D eigenvalue weighted by molar-refractivity contribution is 7.92. The summed E-state index contributed by atoms with van der Waals surface area (Å²) in [5, 5.41) is 2.97. The van der Waals surface area contributed by atoms with Crippen LogP contribution in [0.4, 0.5) is 11.4 Å². The molecule has 0 aliphatic carbocycles. The van der Waals surface area contributed by atoms with Gasteiger partial charge in [0.25, 0.3) is 0 Å². The number of nitrogens with one attached hydrogen (secondary N) is 1. The fourth-order valence-electron chi connectivity index (χ4n) is 2.75. The van der Waals surface area contributed by atoms with Crippen LogP contribution in [0.15, 0.2) is 42.5 Å². The Kier molecular flexibility index (Phi) is 8.08. The van der Waals surface area contributed by atoms with Gasteiger partial charge in [0.15, 0.2) is 0 Å². The Balaban J connectivity index is 2.01. The number of carbonyl (C=O) groups excluding carboxylic acids is 2. The lowest BCUT2D eigenvalue weighted by atomic mass is 10.2. The maximum atomic E-state index is 12.2. The standard InChI is InChI=1S/C20H23ClN2O6S/c1-28-18-10-9-16(13-17(18)21)23(30(3,26)27)11-5-8-19(24)22-15-7-4-6-14(12-15)20(25)29-2/h4,6-7,9-10,12-13H,5,8,11H2,1-3H3,(H,22,24). The third-order valence-corrected chi connectivity index (χ3v) is 5.65. The van der Waals surface area contributed by atoms with Crippen LogP contribution in [0.5, 0.6) is 5.75 Å². The van der Waals surface area contributed by atoms with Crippen LogP contribution in [0.25, 0.3) is 0 Å². The van der Waals surface area contributed by atoms with Crippen molar-refractivity contribution in [3.63, 3.8) is 0 Å². The zero-order valence-electron chi connectivity index (χ0n) is 16.8. The van der Waals surface area contributed by atoms with E-state index in [4.69, 9.17) is 16.3 Å². The van der Waals surface area contributed by atoms with E-state index in [2.05, 4.69) is 10.1 Å². The van der Waals surface area contributed by atoms with Gasteiger partial charge in [0.1, 0.15) is 5.75 Å². The maximum absolute atomic E-state index is 12.2. The summed E-state index contributed by atoms with van der Waals surface area (Å²) in [4.78, 5) is 23.8. The first-order valence-corrected chi connectivity index (χ1v) is 11.2. The summed E-state index contributed by atoms with van der Waals surface area (Å²) in [6.45, 7) is 0.0944. The van der Waals surface area contributed by atoms with Gasteiger partial charge < -0.3 is 14.8 Å². The molecule has 0 atom stereocenters. The molecule has 0 radical (unpaired) electrons. The van der Waals surface area contributed by atoms with Crippen LogP contribution in [-0.2, 0) is 19.6 Å². The highest BCUT2D eigenvalue weighted by atomic mass is 35.5. The average molecular weight is 455 g/mol. The largest absolute Gasteiger partial charge is 0.495 e. The molecule has 0 saturated heterocycles. The quantitative estimate of drug-likeness (QED) is 0.583. The third kappa shape index (κ3) is 6.36. The fourth-order valence-corrected chi connectivity index (χ4v) is 3.95. The number of sulfonamides is 1. The van der Waals surface area contributed by atoms with Gasteiger partial charge in [-0.1, -0.05) is 17.7 Å². The first kappa shape index (κ1) is 23.5. The van der Waals surface area contributed by atoms with Gasteiger partial charge in [-0.3, -0.25) is 9.10 Å². The summed E-state index contributed by atoms with van der Waals surface area (Å²) >= 11 is 6.10. The Morgan fingerprint density at radius 3 is 2.47 bits per heavy atom. The normalized spacial score (nSPS) is 10.9. The summed E-state index contributed by atoms with van der Waals surface area (Å²) < 4.78 is 35.3. The van der Waals surface area contributed by atoms with Crippen LogP contribution >= 0.6 is 11.6 Å². The molecule has 0 spiro atoms. The SMILES string of the molecule is COC(=O)c1cccc(NC(=O)CCCN(c2ccc(OC)c(Cl)c2)S(C)(=O)=O)c1. The van der Waals surface area contributed by atoms with Gasteiger partial charge in [-0.05, 0) is 42.8 Å². The van der Waals surface area contributed by atoms with Gasteiger partial charge in [-0.15, -0.1) is 0 Å². The summed E-state index contributed by atoms with van der Waals surface area (Å²) in [5.74, 6) is -0.381. The number of esters is 1. The van der Waals surface area contributed by atoms with Crippen LogP contribution < -0.4 is 14.4 Å². The predicted molar refractivity (Wildman–Crippen MR) is 116 cm³/mol. The second-order valence-electron chi connectivity index (χ2n) is 6.38. The minimum Gasteiger partial charge on any atom is -0.495 e. The van der Waals surface area contributed by atoms with E-state index in [1.807, 2.05) is 0 Å². The third-order valence-electron chi connectivity index (χ3n) is 4.16. The Bertz CT molecular complexity index is 1030. The molecule has 0 bridgehead atoms. The maximum Gasteiger partial charge on any atom is 0.337 e. The predicted octanol–water partition coefficient (Wildman–Crippen LogP) is 3.32. The van der Waals surface area contributed by atoms with E-state index in [1.165, 1.54) is 30.7 Å². The molecule has 8 nitrogen and oxygen atoms in total. The van der Waals surface area contributed by atoms with Gasteiger partial charge in [0.05, 0.1) is 36.7 Å². The molecule has 30 heavy (non-hydrogen) atoms. The molecule has 0 fully saturated rings. The van der Waals surface area contributed by atoms with E-state index in [-0.39, 0.29) is 30.3 Å². The second kappa shape index (κ2) is 10.3. The van der Waals surface area contributed by atoms with Crippen molar-refractivity contribution in [2.24, 2.45) is 0 Å². The summed E-state index contributed by atoms with van der Waals surface area (Å²) in [6.07, 6.45) is 1.45. The van der Waals surface area contributed by atoms with Crippen molar-refractivity contribution >= 4 is 44.9 Å². The number of halogens is 1. The number of nitrogens with zero attached hydrogens (tertiary/aromatic N) is 1. The first-order valence-electron chi connectivity index (χ1n) is 8.95. The first-order chi connectivity index (χ1) is 14.2. The number of methoxy groups -OCH3 is 2. The van der Waals surface area contributed by atoms with E-state index in [1.54, 1.807) is 30.3 Å². The van der Waals surface area contributed by atoms with Crippen molar-refractivity contribution in [3.05, 3.63) is 53.1 Å². The number of benzene rings is 2. The van der Waals surface area contributed by atoms with E-state index in [9.17, 15) is 18.0 Å². The zero-order valence-corrected chi connectivity index (χ0v) is 18.4. The molecule has 2 aromatic rings. The molecule has 2 aromatic carbocycles. The highest BCUT2D eigenvalue weighted by Gasteiger charge is 2.19. The van der Waals surface area contributed by atoms with Gasteiger partial charge >= 0.3 is 5.97 Å². The molecule has 1 amide bonds. The van der Waals surface area contributed by atoms with Crippen molar-refractivity contribution in [2.45, 2.75) is 12.8 Å². The number of amides is 1. The van der Waals surface area contributed by atoms with Crippen LogP contribution in [0.1, 0.15) is 23.2 Å². The van der Waals surface area contributed by atoms with Gasteiger partial charge in [-0.2, -0.15) is 0 Å². The molecule has 1 N–H and O–H groups in total. The lowest BCUT2D eigenvalue weighted by molar-refractivity contribution is -0.116. The number of hydrogen-bond acceptors (Lipinski definition) is 6. The van der Waals surface area contributed by atoms with E-state index >= 15 is 0 Å². The van der Waals surface area contributed by atoms with Crippen molar-refractivity contribution in [2.75, 3.05) is 36.6 Å². The lowest BCUT2D eigenvalue weighted by Gasteiger charge is -2.23. The molecule has 2 rings (SSSR count). The molecule has 0 saturated carbocycles. The lowest BCUT2D eigenvalue weighted by Crippen LogP contribution is -2.31. The summed E-state index contributed by atoms with van der Waals surface area (Å²) in [6, 6.07) is 11.0. The molecule has 0 aromatic heterocycles. The van der Waals surface area contributed by atoms with Crippen LogP contribution in [0, 0.1) is 0 Å². The zero-order chi connectivity index (χ0) is 22.3. The molecule has 0 aliphatic heterocycles.